The van der Waals surface area contributed by atoms with Gasteiger partial charge in [0.25, 0.3) is 5.91 Å². The molecule has 0 unspecified atom stereocenters. The maximum Gasteiger partial charge on any atom is 0.291 e. The lowest BCUT2D eigenvalue weighted by Gasteiger charge is -2.21. The number of nitrogens with one attached hydrogen (secondary N) is 2. The molecule has 0 saturated heterocycles. The quantitative estimate of drug-likeness (QED) is 0.327. The summed E-state index contributed by atoms with van der Waals surface area (Å²) in [5.41, 5.74) is 2.90. The van der Waals surface area contributed by atoms with Crippen molar-refractivity contribution in [2.45, 2.75) is 26.3 Å². The van der Waals surface area contributed by atoms with Crippen molar-refractivity contribution in [1.82, 2.24) is 4.98 Å². The number of thiophene rings is 1. The predicted molar refractivity (Wildman–Crippen MR) is 126 cm³/mol. The summed E-state index contributed by atoms with van der Waals surface area (Å²) < 4.78 is 5.26. The molecular weight excluding hydrogens is 430 g/mol. The van der Waals surface area contributed by atoms with Crippen LogP contribution in [0.25, 0.3) is 0 Å². The third-order valence-corrected chi connectivity index (χ3v) is 6.29. The van der Waals surface area contributed by atoms with Crippen molar-refractivity contribution >= 4 is 39.7 Å². The predicted octanol–water partition coefficient (Wildman–Crippen LogP) is 6.71. The average Bonchev–Trinajstić information content (AvgIpc) is 3.43. The Hall–Kier alpha value is -3.09. The Kier molecular flexibility index (Phi) is 6.39. The number of amides is 1. The van der Waals surface area contributed by atoms with Crippen LogP contribution in [-0.2, 0) is 6.42 Å². The summed E-state index contributed by atoms with van der Waals surface area (Å²) in [5.74, 6) is 0.751. The lowest BCUT2D eigenvalue weighted by Crippen LogP contribution is -2.17. The number of halogens is 1. The van der Waals surface area contributed by atoms with Crippen molar-refractivity contribution < 1.29 is 9.21 Å². The van der Waals surface area contributed by atoms with Gasteiger partial charge < -0.3 is 15.1 Å². The van der Waals surface area contributed by atoms with Crippen LogP contribution in [0.1, 0.15) is 45.2 Å². The second-order valence-corrected chi connectivity index (χ2v) is 8.65. The Bertz CT molecular complexity index is 1170. The summed E-state index contributed by atoms with van der Waals surface area (Å²) in [5, 5.41) is 8.01. The van der Waals surface area contributed by atoms with E-state index in [1.165, 1.54) is 11.1 Å². The molecule has 1 atom stereocenters. The van der Waals surface area contributed by atoms with Crippen molar-refractivity contribution in [3.05, 3.63) is 99.4 Å². The Labute approximate surface area is 190 Å². The highest BCUT2D eigenvalue weighted by Crippen LogP contribution is 2.38. The first-order chi connectivity index (χ1) is 15.0. The van der Waals surface area contributed by atoms with Crippen LogP contribution in [0, 0.1) is 6.92 Å². The number of pyridine rings is 1. The van der Waals surface area contributed by atoms with E-state index in [1.54, 1.807) is 23.5 Å². The zero-order valence-corrected chi connectivity index (χ0v) is 18.8. The Morgan fingerprint density at radius 3 is 2.65 bits per heavy atom. The summed E-state index contributed by atoms with van der Waals surface area (Å²) in [6.07, 6.45) is 2.35. The SMILES string of the molecule is CCc1cc([C@H](Nc2cccc(C)n2)c2ccc(Cl)cc2)c(NC(=O)c2ccco2)s1. The van der Waals surface area contributed by atoms with Gasteiger partial charge >= 0.3 is 0 Å². The Morgan fingerprint density at radius 2 is 1.97 bits per heavy atom. The van der Waals surface area contributed by atoms with Gasteiger partial charge in [-0.05, 0) is 61.4 Å². The molecule has 0 spiro atoms. The third-order valence-electron chi connectivity index (χ3n) is 4.83. The third kappa shape index (κ3) is 4.98. The fourth-order valence-corrected chi connectivity index (χ4v) is 4.44. The van der Waals surface area contributed by atoms with Crippen LogP contribution in [0.3, 0.4) is 0 Å². The van der Waals surface area contributed by atoms with E-state index >= 15 is 0 Å². The number of carbonyl (C=O) groups is 1. The van der Waals surface area contributed by atoms with Gasteiger partial charge in [-0.25, -0.2) is 4.98 Å². The van der Waals surface area contributed by atoms with E-state index in [-0.39, 0.29) is 17.7 Å². The molecule has 158 valence electrons. The van der Waals surface area contributed by atoms with Crippen LogP contribution in [0.5, 0.6) is 0 Å². The summed E-state index contributed by atoms with van der Waals surface area (Å²) >= 11 is 7.69. The van der Waals surface area contributed by atoms with Crippen molar-refractivity contribution in [1.29, 1.82) is 0 Å². The minimum Gasteiger partial charge on any atom is -0.459 e. The summed E-state index contributed by atoms with van der Waals surface area (Å²) in [4.78, 5) is 18.5. The van der Waals surface area contributed by atoms with Gasteiger partial charge in [0.15, 0.2) is 5.76 Å². The summed E-state index contributed by atoms with van der Waals surface area (Å²) in [6, 6.07) is 18.8. The van der Waals surface area contributed by atoms with Crippen LogP contribution in [0.15, 0.2) is 71.3 Å². The van der Waals surface area contributed by atoms with Gasteiger partial charge in [0.05, 0.1) is 12.3 Å². The molecule has 0 bridgehead atoms. The van der Waals surface area contributed by atoms with E-state index in [9.17, 15) is 4.79 Å². The maximum atomic E-state index is 12.7. The number of rotatable bonds is 7. The number of hydrogen-bond acceptors (Lipinski definition) is 5. The van der Waals surface area contributed by atoms with Crippen LogP contribution < -0.4 is 10.6 Å². The first kappa shape index (κ1) is 21.2. The molecule has 0 radical (unpaired) electrons. The zero-order chi connectivity index (χ0) is 21.8. The second-order valence-electron chi connectivity index (χ2n) is 7.08. The number of aromatic nitrogens is 1. The molecule has 4 aromatic rings. The van der Waals surface area contributed by atoms with E-state index in [2.05, 4.69) is 28.6 Å². The Balaban J connectivity index is 1.75. The van der Waals surface area contributed by atoms with Gasteiger partial charge in [0, 0.05) is 21.2 Å². The molecule has 3 heterocycles. The zero-order valence-electron chi connectivity index (χ0n) is 17.2. The Morgan fingerprint density at radius 1 is 1.16 bits per heavy atom. The minimum absolute atomic E-state index is 0.227. The fraction of sp³-hybridized carbons (Fsp3) is 0.167. The highest BCUT2D eigenvalue weighted by molar-refractivity contribution is 7.16. The van der Waals surface area contributed by atoms with E-state index < -0.39 is 0 Å². The monoisotopic (exact) mass is 451 g/mol. The molecule has 0 saturated carbocycles. The van der Waals surface area contributed by atoms with Crippen LogP contribution in [-0.4, -0.2) is 10.9 Å². The highest BCUT2D eigenvalue weighted by Gasteiger charge is 2.23. The molecule has 1 aromatic carbocycles. The van der Waals surface area contributed by atoms with Crippen LogP contribution >= 0.6 is 22.9 Å². The first-order valence-corrected chi connectivity index (χ1v) is 11.2. The van der Waals surface area contributed by atoms with E-state index in [0.29, 0.717) is 5.02 Å². The molecule has 0 aliphatic heterocycles. The van der Waals surface area contributed by atoms with Crippen molar-refractivity contribution in [3.8, 4) is 0 Å². The van der Waals surface area contributed by atoms with Gasteiger partial charge in [0.1, 0.15) is 10.8 Å². The minimum atomic E-state index is -0.278. The topological polar surface area (TPSA) is 67.2 Å². The molecular formula is C24H22ClN3O2S. The molecule has 2 N–H and O–H groups in total. The summed E-state index contributed by atoms with van der Waals surface area (Å²) in [7, 11) is 0. The first-order valence-electron chi connectivity index (χ1n) is 9.96. The molecule has 1 amide bonds. The molecule has 0 aliphatic rings. The second kappa shape index (κ2) is 9.37. The van der Waals surface area contributed by atoms with Gasteiger partial charge in [-0.1, -0.05) is 36.7 Å². The van der Waals surface area contributed by atoms with Crippen molar-refractivity contribution in [2.24, 2.45) is 0 Å². The largest absolute Gasteiger partial charge is 0.459 e. The normalized spacial score (nSPS) is 11.8. The van der Waals surface area contributed by atoms with E-state index in [1.807, 2.05) is 49.4 Å². The maximum absolute atomic E-state index is 12.7. The van der Waals surface area contributed by atoms with E-state index in [0.717, 1.165) is 34.1 Å². The molecule has 31 heavy (non-hydrogen) atoms. The molecule has 0 fully saturated rings. The number of carbonyl (C=O) groups excluding carboxylic acids is 1. The molecule has 7 heteroatoms. The average molecular weight is 452 g/mol. The van der Waals surface area contributed by atoms with E-state index in [4.69, 9.17) is 16.0 Å². The van der Waals surface area contributed by atoms with Crippen LogP contribution in [0.4, 0.5) is 10.8 Å². The smallest absolute Gasteiger partial charge is 0.291 e. The molecule has 3 aromatic heterocycles. The van der Waals surface area contributed by atoms with Gasteiger partial charge in [-0.15, -0.1) is 11.3 Å². The number of anilines is 2. The fourth-order valence-electron chi connectivity index (χ4n) is 3.28. The van der Waals surface area contributed by atoms with Crippen molar-refractivity contribution in [2.75, 3.05) is 10.6 Å². The van der Waals surface area contributed by atoms with Crippen LogP contribution in [0.2, 0.25) is 5.02 Å². The standard InChI is InChI=1S/C24H22ClN3O2S/c1-3-18-14-19(24(31-18)28-23(29)20-7-5-13-30-20)22(16-9-11-17(25)12-10-16)27-21-8-4-6-15(2)26-21/h4-14,22H,3H2,1-2H3,(H,26,27)(H,28,29)/t22-/m1/s1. The number of nitrogens with zero attached hydrogens (tertiary/aromatic N) is 1. The number of benzene rings is 1. The van der Waals surface area contributed by atoms with Gasteiger partial charge in [0.2, 0.25) is 0 Å². The van der Waals surface area contributed by atoms with Gasteiger partial charge in [-0.2, -0.15) is 0 Å². The lowest BCUT2D eigenvalue weighted by molar-refractivity contribution is 0.0997. The lowest BCUT2D eigenvalue weighted by atomic mass is 9.99. The highest BCUT2D eigenvalue weighted by atomic mass is 35.5. The number of hydrogen-bond donors (Lipinski definition) is 2. The number of furan rings is 1. The molecule has 4 rings (SSSR count). The summed E-state index contributed by atoms with van der Waals surface area (Å²) in [6.45, 7) is 4.05. The molecule has 5 nitrogen and oxygen atoms in total. The number of aryl methyl sites for hydroxylation is 2. The van der Waals surface area contributed by atoms with Gasteiger partial charge in [-0.3, -0.25) is 4.79 Å². The molecule has 0 aliphatic carbocycles. The van der Waals surface area contributed by atoms with Crippen molar-refractivity contribution in [3.63, 3.8) is 0 Å².